The van der Waals surface area contributed by atoms with Gasteiger partial charge in [-0.3, -0.25) is 4.79 Å². The molecule has 0 saturated heterocycles. The maximum atomic E-state index is 11.9. The normalized spacial score (nSPS) is 10.2. The molecule has 0 spiro atoms. The van der Waals surface area contributed by atoms with Crippen molar-refractivity contribution in [3.05, 3.63) is 64.1 Å². The van der Waals surface area contributed by atoms with Gasteiger partial charge in [0.05, 0.1) is 0 Å². The van der Waals surface area contributed by atoms with E-state index in [1.165, 1.54) is 5.56 Å². The van der Waals surface area contributed by atoms with Gasteiger partial charge in [0.2, 0.25) is 0 Å². The molecule has 2 rings (SSSR count). The average molecular weight is 377 g/mol. The second-order valence-corrected chi connectivity index (χ2v) is 5.80. The van der Waals surface area contributed by atoms with Gasteiger partial charge in [-0.25, -0.2) is 4.79 Å². The Morgan fingerprint density at radius 3 is 2.43 bits per heavy atom. The van der Waals surface area contributed by atoms with E-state index in [4.69, 9.17) is 9.47 Å². The fraction of sp³-hybridized carbons (Fsp3) is 0.222. The number of hydrogen-bond acceptors (Lipinski definition) is 4. The van der Waals surface area contributed by atoms with E-state index in [1.54, 1.807) is 30.3 Å². The Balaban J connectivity index is 1.77. The molecule has 0 fully saturated rings. The van der Waals surface area contributed by atoms with Crippen LogP contribution >= 0.6 is 15.9 Å². The third kappa shape index (κ3) is 5.53. The highest BCUT2D eigenvalue weighted by atomic mass is 79.9. The monoisotopic (exact) mass is 376 g/mol. The van der Waals surface area contributed by atoms with Gasteiger partial charge in [-0.2, -0.15) is 0 Å². The van der Waals surface area contributed by atoms with Crippen LogP contribution in [0.3, 0.4) is 0 Å². The molecule has 0 amide bonds. The Kier molecular flexibility index (Phi) is 6.35. The molecule has 5 heteroatoms. The lowest BCUT2D eigenvalue weighted by Gasteiger charge is -2.07. The van der Waals surface area contributed by atoms with Crippen LogP contribution in [0.15, 0.2) is 53.0 Å². The lowest BCUT2D eigenvalue weighted by molar-refractivity contribution is -0.144. The van der Waals surface area contributed by atoms with Gasteiger partial charge in [0.1, 0.15) is 5.75 Å². The first kappa shape index (κ1) is 17.2. The first-order chi connectivity index (χ1) is 11.1. The molecule has 0 aliphatic carbocycles. The third-order valence-electron chi connectivity index (χ3n) is 3.20. The van der Waals surface area contributed by atoms with Gasteiger partial charge in [-0.15, -0.1) is 0 Å². The van der Waals surface area contributed by atoms with E-state index < -0.39 is 5.97 Å². The maximum absolute atomic E-state index is 11.9. The Labute approximate surface area is 143 Å². The summed E-state index contributed by atoms with van der Waals surface area (Å²) in [6.45, 7) is 1.54. The zero-order valence-corrected chi connectivity index (χ0v) is 14.3. The van der Waals surface area contributed by atoms with Crippen LogP contribution in [0.2, 0.25) is 0 Å². The number of aryl methyl sites for hydroxylation is 1. The lowest BCUT2D eigenvalue weighted by Crippen LogP contribution is -2.19. The number of Topliss-reactive ketones (excluding diaryl/α,β-unsaturated/α-hetero) is 1. The minimum Gasteiger partial charge on any atom is -0.482 e. The van der Waals surface area contributed by atoms with Crippen LogP contribution in [0.4, 0.5) is 0 Å². The number of carbonyl (C=O) groups is 2. The van der Waals surface area contributed by atoms with Crippen molar-refractivity contribution in [2.24, 2.45) is 0 Å². The maximum Gasteiger partial charge on any atom is 0.344 e. The van der Waals surface area contributed by atoms with E-state index in [-0.39, 0.29) is 19.0 Å². The van der Waals surface area contributed by atoms with Gasteiger partial charge in [-0.05, 0) is 36.2 Å². The van der Waals surface area contributed by atoms with Gasteiger partial charge in [0.15, 0.2) is 19.0 Å². The molecular formula is C18H17BrO4. The molecule has 0 atom stereocenters. The van der Waals surface area contributed by atoms with Gasteiger partial charge >= 0.3 is 5.97 Å². The SMILES string of the molecule is CCc1ccc(OCC(=O)OCC(=O)c2cccc(Br)c2)cc1. The fourth-order valence-corrected chi connectivity index (χ4v) is 2.30. The van der Waals surface area contributed by atoms with Gasteiger partial charge in [0.25, 0.3) is 0 Å². The van der Waals surface area contributed by atoms with E-state index in [9.17, 15) is 9.59 Å². The molecule has 0 N–H and O–H groups in total. The van der Waals surface area contributed by atoms with Crippen LogP contribution in [-0.4, -0.2) is 25.0 Å². The molecule has 0 saturated carbocycles. The molecule has 0 aliphatic heterocycles. The van der Waals surface area contributed by atoms with Gasteiger partial charge in [-0.1, -0.05) is 47.1 Å². The molecule has 120 valence electrons. The van der Waals surface area contributed by atoms with E-state index >= 15 is 0 Å². The quantitative estimate of drug-likeness (QED) is 0.544. The van der Waals surface area contributed by atoms with E-state index in [0.717, 1.165) is 10.9 Å². The van der Waals surface area contributed by atoms with E-state index in [2.05, 4.69) is 22.9 Å². The summed E-state index contributed by atoms with van der Waals surface area (Å²) < 4.78 is 11.1. The van der Waals surface area contributed by atoms with Crippen molar-refractivity contribution in [2.45, 2.75) is 13.3 Å². The third-order valence-corrected chi connectivity index (χ3v) is 3.69. The number of ether oxygens (including phenoxy) is 2. The predicted molar refractivity (Wildman–Crippen MR) is 90.7 cm³/mol. The van der Waals surface area contributed by atoms with Crippen LogP contribution in [-0.2, 0) is 16.0 Å². The Morgan fingerprint density at radius 1 is 1.04 bits per heavy atom. The van der Waals surface area contributed by atoms with Crippen LogP contribution in [0.25, 0.3) is 0 Å². The number of rotatable bonds is 7. The number of halogens is 1. The standard InChI is InChI=1S/C18H17BrO4/c1-2-13-6-8-16(9-7-13)22-12-18(21)23-11-17(20)14-4-3-5-15(19)10-14/h3-10H,2,11-12H2,1H3. The van der Waals surface area contributed by atoms with Crippen LogP contribution < -0.4 is 4.74 Å². The molecule has 2 aromatic carbocycles. The van der Waals surface area contributed by atoms with Crippen LogP contribution in [0.5, 0.6) is 5.75 Å². The van der Waals surface area contributed by atoms with Crippen molar-refractivity contribution in [1.29, 1.82) is 0 Å². The van der Waals surface area contributed by atoms with Crippen molar-refractivity contribution in [3.63, 3.8) is 0 Å². The second kappa shape index (κ2) is 8.48. The molecule has 0 aliphatic rings. The van der Waals surface area contributed by atoms with Crippen LogP contribution in [0.1, 0.15) is 22.8 Å². The summed E-state index contributed by atoms with van der Waals surface area (Å²) in [5.41, 5.74) is 1.68. The predicted octanol–water partition coefficient (Wildman–Crippen LogP) is 3.82. The molecule has 0 bridgehead atoms. The molecule has 4 nitrogen and oxygen atoms in total. The summed E-state index contributed by atoms with van der Waals surface area (Å²) in [5.74, 6) is -0.239. The number of esters is 1. The minimum absolute atomic E-state index is 0.225. The minimum atomic E-state index is -0.576. The van der Waals surface area contributed by atoms with Gasteiger partial charge in [0, 0.05) is 10.0 Å². The van der Waals surface area contributed by atoms with Crippen LogP contribution in [0, 0.1) is 0 Å². The average Bonchev–Trinajstić information content (AvgIpc) is 2.58. The fourth-order valence-electron chi connectivity index (χ4n) is 1.90. The van der Waals surface area contributed by atoms with Crippen molar-refractivity contribution in [2.75, 3.05) is 13.2 Å². The highest BCUT2D eigenvalue weighted by Crippen LogP contribution is 2.13. The zero-order valence-electron chi connectivity index (χ0n) is 12.8. The first-order valence-corrected chi connectivity index (χ1v) is 8.04. The molecule has 2 aromatic rings. The first-order valence-electron chi connectivity index (χ1n) is 7.24. The Bertz CT molecular complexity index is 680. The molecule has 23 heavy (non-hydrogen) atoms. The molecule has 0 aromatic heterocycles. The van der Waals surface area contributed by atoms with E-state index in [1.807, 2.05) is 18.2 Å². The molecular weight excluding hydrogens is 360 g/mol. The largest absolute Gasteiger partial charge is 0.482 e. The summed E-state index contributed by atoms with van der Waals surface area (Å²) in [7, 11) is 0. The Morgan fingerprint density at radius 2 is 1.78 bits per heavy atom. The lowest BCUT2D eigenvalue weighted by atomic mass is 10.1. The van der Waals surface area contributed by atoms with Crippen molar-refractivity contribution < 1.29 is 19.1 Å². The number of hydrogen-bond donors (Lipinski definition) is 0. The number of ketones is 1. The number of carbonyl (C=O) groups excluding carboxylic acids is 2. The van der Waals surface area contributed by atoms with Crippen molar-refractivity contribution in [1.82, 2.24) is 0 Å². The van der Waals surface area contributed by atoms with Gasteiger partial charge < -0.3 is 9.47 Å². The highest BCUT2D eigenvalue weighted by molar-refractivity contribution is 9.10. The zero-order chi connectivity index (χ0) is 16.7. The second-order valence-electron chi connectivity index (χ2n) is 4.88. The van der Waals surface area contributed by atoms with Crippen molar-refractivity contribution in [3.8, 4) is 5.75 Å². The molecule has 0 unspecified atom stereocenters. The smallest absolute Gasteiger partial charge is 0.344 e. The number of benzene rings is 2. The highest BCUT2D eigenvalue weighted by Gasteiger charge is 2.11. The van der Waals surface area contributed by atoms with E-state index in [0.29, 0.717) is 11.3 Å². The Hall–Kier alpha value is -2.14. The molecule has 0 heterocycles. The topological polar surface area (TPSA) is 52.6 Å². The summed E-state index contributed by atoms with van der Waals surface area (Å²) in [6, 6.07) is 14.4. The summed E-state index contributed by atoms with van der Waals surface area (Å²) in [6.07, 6.45) is 0.944. The van der Waals surface area contributed by atoms with Crippen molar-refractivity contribution >= 4 is 27.7 Å². The summed E-state index contributed by atoms with van der Waals surface area (Å²) in [5, 5.41) is 0. The summed E-state index contributed by atoms with van der Waals surface area (Å²) >= 11 is 3.29. The summed E-state index contributed by atoms with van der Waals surface area (Å²) in [4.78, 5) is 23.5. The molecule has 0 radical (unpaired) electrons.